The van der Waals surface area contributed by atoms with Crippen molar-refractivity contribution in [3.63, 3.8) is 0 Å². The second-order valence-electron chi connectivity index (χ2n) is 2.26. The lowest BCUT2D eigenvalue weighted by Crippen LogP contribution is -2.15. The quantitative estimate of drug-likeness (QED) is 0.450. The van der Waals surface area contributed by atoms with Crippen molar-refractivity contribution in [2.24, 2.45) is 0 Å². The summed E-state index contributed by atoms with van der Waals surface area (Å²) in [4.78, 5) is 0. The van der Waals surface area contributed by atoms with E-state index < -0.39 is 0 Å². The van der Waals surface area contributed by atoms with Crippen molar-refractivity contribution in [2.45, 2.75) is 6.54 Å². The molecule has 0 saturated carbocycles. The standard InChI is InChI=1S/C8H7ClFNS/c9-8(12)11-5-6-2-1-3-7(10)4-6/h1-4H,5H2,(H,11,12). The third-order valence-electron chi connectivity index (χ3n) is 1.32. The molecule has 0 heterocycles. The predicted molar refractivity (Wildman–Crippen MR) is 51.7 cm³/mol. The van der Waals surface area contributed by atoms with E-state index in [0.717, 1.165) is 5.56 Å². The van der Waals surface area contributed by atoms with Crippen molar-refractivity contribution in [1.82, 2.24) is 5.32 Å². The van der Waals surface area contributed by atoms with Gasteiger partial charge < -0.3 is 5.32 Å². The Morgan fingerprint density at radius 2 is 2.33 bits per heavy atom. The molecule has 0 saturated heterocycles. The number of nitrogens with one attached hydrogen (secondary N) is 1. The van der Waals surface area contributed by atoms with E-state index in [1.54, 1.807) is 12.1 Å². The maximum Gasteiger partial charge on any atom is 0.167 e. The largest absolute Gasteiger partial charge is 0.363 e. The van der Waals surface area contributed by atoms with Crippen molar-refractivity contribution in [3.05, 3.63) is 35.6 Å². The Bertz CT molecular complexity index is 290. The van der Waals surface area contributed by atoms with Crippen molar-refractivity contribution >= 4 is 28.3 Å². The smallest absolute Gasteiger partial charge is 0.167 e. The first-order valence-electron chi connectivity index (χ1n) is 3.36. The van der Waals surface area contributed by atoms with Gasteiger partial charge >= 0.3 is 0 Å². The van der Waals surface area contributed by atoms with E-state index in [1.165, 1.54) is 12.1 Å². The van der Waals surface area contributed by atoms with Gasteiger partial charge in [-0.1, -0.05) is 23.7 Å². The highest BCUT2D eigenvalue weighted by atomic mass is 35.5. The van der Waals surface area contributed by atoms with E-state index in [1.807, 2.05) is 0 Å². The highest BCUT2D eigenvalue weighted by Gasteiger charge is 1.94. The van der Waals surface area contributed by atoms with Gasteiger partial charge in [-0.05, 0) is 29.9 Å². The van der Waals surface area contributed by atoms with Crippen LogP contribution in [0.25, 0.3) is 0 Å². The topological polar surface area (TPSA) is 12.0 Å². The number of hydrogen-bond donors (Lipinski definition) is 1. The average Bonchev–Trinajstić information content (AvgIpc) is 2.01. The summed E-state index contributed by atoms with van der Waals surface area (Å²) < 4.78 is 12.8. The van der Waals surface area contributed by atoms with Gasteiger partial charge in [-0.15, -0.1) is 0 Å². The SMILES string of the molecule is Fc1cccc(CNC(=S)Cl)c1. The number of benzene rings is 1. The number of halogens is 2. The molecule has 1 N–H and O–H groups in total. The second-order valence-corrected chi connectivity index (χ2v) is 3.27. The Morgan fingerprint density at radius 3 is 2.92 bits per heavy atom. The molecule has 64 valence electrons. The molecule has 4 heteroatoms. The Labute approximate surface area is 80.5 Å². The first kappa shape index (κ1) is 9.42. The van der Waals surface area contributed by atoms with E-state index in [-0.39, 0.29) is 10.3 Å². The molecule has 1 aromatic rings. The van der Waals surface area contributed by atoms with Gasteiger partial charge in [0, 0.05) is 6.54 Å². The van der Waals surface area contributed by atoms with Crippen LogP contribution < -0.4 is 5.32 Å². The van der Waals surface area contributed by atoms with Crippen molar-refractivity contribution < 1.29 is 4.39 Å². The fraction of sp³-hybridized carbons (Fsp3) is 0.125. The van der Waals surface area contributed by atoms with Crippen LogP contribution in [0.2, 0.25) is 0 Å². The third-order valence-corrected chi connectivity index (χ3v) is 1.60. The van der Waals surface area contributed by atoms with Crippen LogP contribution in [-0.2, 0) is 6.54 Å². The molecule has 0 spiro atoms. The number of hydrogen-bond acceptors (Lipinski definition) is 1. The van der Waals surface area contributed by atoms with Crippen LogP contribution >= 0.6 is 23.8 Å². The molecule has 0 fully saturated rings. The molecular weight excluding hydrogens is 197 g/mol. The molecule has 0 amide bonds. The van der Waals surface area contributed by atoms with E-state index in [4.69, 9.17) is 11.6 Å². The molecule has 12 heavy (non-hydrogen) atoms. The zero-order chi connectivity index (χ0) is 8.97. The van der Waals surface area contributed by atoms with E-state index in [0.29, 0.717) is 6.54 Å². The van der Waals surface area contributed by atoms with E-state index >= 15 is 0 Å². The number of rotatable bonds is 2. The summed E-state index contributed by atoms with van der Waals surface area (Å²) >= 11 is 9.98. The second kappa shape index (κ2) is 4.38. The summed E-state index contributed by atoms with van der Waals surface area (Å²) in [7, 11) is 0. The summed E-state index contributed by atoms with van der Waals surface area (Å²) in [5.41, 5.74) is 0.818. The molecule has 0 atom stereocenters. The lowest BCUT2D eigenvalue weighted by molar-refractivity contribution is 0.625. The summed E-state index contributed by atoms with van der Waals surface area (Å²) in [6.07, 6.45) is 0. The minimum Gasteiger partial charge on any atom is -0.363 e. The van der Waals surface area contributed by atoms with Gasteiger partial charge in [0.2, 0.25) is 0 Å². The monoisotopic (exact) mass is 203 g/mol. The molecule has 1 aromatic carbocycles. The van der Waals surface area contributed by atoms with E-state index in [9.17, 15) is 4.39 Å². The molecule has 0 bridgehead atoms. The molecule has 0 aromatic heterocycles. The fourth-order valence-corrected chi connectivity index (χ4v) is 0.957. The summed E-state index contributed by atoms with van der Waals surface area (Å²) in [6.45, 7) is 0.458. The summed E-state index contributed by atoms with van der Waals surface area (Å²) in [5, 5.41) is 2.72. The minimum absolute atomic E-state index is 0.194. The average molecular weight is 204 g/mol. The summed E-state index contributed by atoms with van der Waals surface area (Å²) in [6, 6.07) is 6.26. The molecular formula is C8H7ClFNS. The molecule has 0 aliphatic carbocycles. The van der Waals surface area contributed by atoms with Crippen molar-refractivity contribution in [3.8, 4) is 0 Å². The Kier molecular flexibility index (Phi) is 3.44. The van der Waals surface area contributed by atoms with Gasteiger partial charge in [0.05, 0.1) is 0 Å². The van der Waals surface area contributed by atoms with Gasteiger partial charge in [0.1, 0.15) is 5.82 Å². The first-order chi connectivity index (χ1) is 5.68. The molecule has 0 aliphatic heterocycles. The Morgan fingerprint density at radius 1 is 1.58 bits per heavy atom. The summed E-state index contributed by atoms with van der Waals surface area (Å²) in [5.74, 6) is -0.255. The fourth-order valence-electron chi connectivity index (χ4n) is 0.818. The molecule has 1 rings (SSSR count). The normalized spacial score (nSPS) is 9.50. The van der Waals surface area contributed by atoms with Crippen LogP contribution in [0.5, 0.6) is 0 Å². The van der Waals surface area contributed by atoms with Crippen LogP contribution in [0.3, 0.4) is 0 Å². The van der Waals surface area contributed by atoms with Crippen LogP contribution in [0.1, 0.15) is 5.56 Å². The highest BCUT2D eigenvalue weighted by molar-refractivity contribution is 7.83. The van der Waals surface area contributed by atoms with Crippen LogP contribution in [-0.4, -0.2) is 4.45 Å². The molecule has 0 aliphatic rings. The Balaban J connectivity index is 2.57. The van der Waals surface area contributed by atoms with Crippen LogP contribution in [0.4, 0.5) is 4.39 Å². The maximum absolute atomic E-state index is 12.6. The van der Waals surface area contributed by atoms with E-state index in [2.05, 4.69) is 17.5 Å². The van der Waals surface area contributed by atoms with Gasteiger partial charge in [-0.3, -0.25) is 0 Å². The minimum atomic E-state index is -0.255. The Hall–Kier alpha value is -0.670. The van der Waals surface area contributed by atoms with Gasteiger partial charge in [0.25, 0.3) is 0 Å². The van der Waals surface area contributed by atoms with Crippen LogP contribution in [0, 0.1) is 5.82 Å². The van der Waals surface area contributed by atoms with Gasteiger partial charge in [-0.25, -0.2) is 4.39 Å². The first-order valence-corrected chi connectivity index (χ1v) is 4.15. The highest BCUT2D eigenvalue weighted by Crippen LogP contribution is 2.02. The lowest BCUT2D eigenvalue weighted by Gasteiger charge is -2.01. The van der Waals surface area contributed by atoms with Gasteiger partial charge in [-0.2, -0.15) is 0 Å². The molecule has 0 radical (unpaired) electrons. The van der Waals surface area contributed by atoms with Crippen molar-refractivity contribution in [1.29, 1.82) is 0 Å². The zero-order valence-corrected chi connectivity index (χ0v) is 7.75. The number of thiocarbonyl (C=S) groups is 1. The van der Waals surface area contributed by atoms with Gasteiger partial charge in [0.15, 0.2) is 4.45 Å². The van der Waals surface area contributed by atoms with Crippen LogP contribution in [0.15, 0.2) is 24.3 Å². The van der Waals surface area contributed by atoms with Crippen molar-refractivity contribution in [2.75, 3.05) is 0 Å². The molecule has 0 unspecified atom stereocenters. The third kappa shape index (κ3) is 3.15. The lowest BCUT2D eigenvalue weighted by atomic mass is 10.2. The predicted octanol–water partition coefficient (Wildman–Crippen LogP) is 2.44. The molecule has 1 nitrogen and oxygen atoms in total. The maximum atomic E-state index is 12.6. The zero-order valence-electron chi connectivity index (χ0n) is 6.18.